The predicted molar refractivity (Wildman–Crippen MR) is 40.3 cm³/mol. The van der Waals surface area contributed by atoms with Crippen molar-refractivity contribution in [1.82, 2.24) is 5.32 Å². The van der Waals surface area contributed by atoms with Gasteiger partial charge in [0.1, 0.15) is 0 Å². The summed E-state index contributed by atoms with van der Waals surface area (Å²) in [4.78, 5) is 10.6. The lowest BCUT2D eigenvalue weighted by Gasteiger charge is -2.12. The molecule has 0 radical (unpaired) electrons. The van der Waals surface area contributed by atoms with Crippen LogP contribution < -0.4 is 5.32 Å². The second kappa shape index (κ2) is 4.94. The number of halogens is 3. The summed E-state index contributed by atoms with van der Waals surface area (Å²) in [7, 11) is 0. The number of amides is 1. The highest BCUT2D eigenvalue weighted by atomic mass is 19.4. The normalized spacial score (nSPS) is 13.6. The van der Waals surface area contributed by atoms with Gasteiger partial charge in [-0.05, 0) is 13.3 Å². The summed E-state index contributed by atoms with van der Waals surface area (Å²) >= 11 is 0. The first kappa shape index (κ1) is 12.1. The molecule has 13 heavy (non-hydrogen) atoms. The van der Waals surface area contributed by atoms with Gasteiger partial charge < -0.3 is 10.1 Å². The average molecular weight is 199 g/mol. The van der Waals surface area contributed by atoms with Gasteiger partial charge >= 0.3 is 12.3 Å². The molecule has 0 aliphatic heterocycles. The van der Waals surface area contributed by atoms with Crippen LogP contribution in [0.25, 0.3) is 0 Å². The third-order valence-corrected chi connectivity index (χ3v) is 1.34. The van der Waals surface area contributed by atoms with Gasteiger partial charge in [-0.1, -0.05) is 6.92 Å². The molecule has 1 amide bonds. The van der Waals surface area contributed by atoms with Crippen LogP contribution in [-0.4, -0.2) is 24.9 Å². The quantitative estimate of drug-likeness (QED) is 0.755. The van der Waals surface area contributed by atoms with E-state index in [0.717, 1.165) is 0 Å². The first-order valence-electron chi connectivity index (χ1n) is 3.85. The number of alkyl halides is 3. The lowest BCUT2D eigenvalue weighted by molar-refractivity contribution is -0.160. The van der Waals surface area contributed by atoms with Crippen molar-refractivity contribution in [3.05, 3.63) is 0 Å². The van der Waals surface area contributed by atoms with Crippen LogP contribution in [0.15, 0.2) is 0 Å². The van der Waals surface area contributed by atoms with E-state index in [9.17, 15) is 18.0 Å². The van der Waals surface area contributed by atoms with Gasteiger partial charge in [0, 0.05) is 6.04 Å². The van der Waals surface area contributed by atoms with Gasteiger partial charge in [0.2, 0.25) is 0 Å². The monoisotopic (exact) mass is 199 g/mol. The van der Waals surface area contributed by atoms with Crippen LogP contribution >= 0.6 is 0 Å². The van der Waals surface area contributed by atoms with Crippen LogP contribution in [-0.2, 0) is 4.74 Å². The molecule has 0 heterocycles. The predicted octanol–water partition coefficient (Wildman–Crippen LogP) is 2.07. The molecule has 0 aromatic carbocycles. The van der Waals surface area contributed by atoms with Crippen molar-refractivity contribution in [1.29, 1.82) is 0 Å². The number of rotatable bonds is 3. The van der Waals surface area contributed by atoms with Crippen molar-refractivity contribution in [2.24, 2.45) is 0 Å². The molecule has 0 bridgehead atoms. The molecule has 0 aromatic rings. The highest BCUT2D eigenvalue weighted by Gasteiger charge is 2.29. The maximum Gasteiger partial charge on any atom is 0.422 e. The van der Waals surface area contributed by atoms with E-state index in [1.54, 1.807) is 13.8 Å². The number of nitrogens with one attached hydrogen (secondary N) is 1. The number of alkyl carbamates (subject to hydrolysis) is 1. The molecule has 0 spiro atoms. The van der Waals surface area contributed by atoms with Crippen molar-refractivity contribution in [2.45, 2.75) is 32.5 Å². The fourth-order valence-corrected chi connectivity index (χ4v) is 0.492. The largest absolute Gasteiger partial charge is 0.440 e. The first-order valence-corrected chi connectivity index (χ1v) is 3.85. The number of hydrogen-bond donors (Lipinski definition) is 1. The minimum Gasteiger partial charge on any atom is -0.440 e. The van der Waals surface area contributed by atoms with Gasteiger partial charge in [-0.3, -0.25) is 0 Å². The van der Waals surface area contributed by atoms with E-state index in [1.807, 2.05) is 0 Å². The van der Waals surface area contributed by atoms with Gasteiger partial charge in [0.15, 0.2) is 6.61 Å². The molecular formula is C7H12F3NO2. The zero-order valence-electron chi connectivity index (χ0n) is 7.44. The summed E-state index contributed by atoms with van der Waals surface area (Å²) in [6.45, 7) is 1.93. The second-order valence-electron chi connectivity index (χ2n) is 2.64. The Hall–Kier alpha value is -0.940. The Morgan fingerprint density at radius 2 is 2.08 bits per heavy atom. The smallest absolute Gasteiger partial charge is 0.422 e. The SMILES string of the molecule is CC[C@@H](C)NC(=O)OCC(F)(F)F. The maximum atomic E-state index is 11.5. The molecule has 0 unspecified atom stereocenters. The topological polar surface area (TPSA) is 38.3 Å². The van der Waals surface area contributed by atoms with Crippen molar-refractivity contribution in [3.63, 3.8) is 0 Å². The molecule has 0 aliphatic carbocycles. The number of carbonyl (C=O) groups is 1. The molecule has 0 aliphatic rings. The molecule has 1 atom stereocenters. The molecule has 78 valence electrons. The lowest BCUT2D eigenvalue weighted by atomic mass is 10.3. The summed E-state index contributed by atoms with van der Waals surface area (Å²) < 4.78 is 38.5. The van der Waals surface area contributed by atoms with E-state index in [2.05, 4.69) is 10.1 Å². The maximum absolute atomic E-state index is 11.5. The van der Waals surface area contributed by atoms with Gasteiger partial charge in [0.05, 0.1) is 0 Å². The van der Waals surface area contributed by atoms with Gasteiger partial charge in [-0.15, -0.1) is 0 Å². The van der Waals surface area contributed by atoms with Crippen molar-refractivity contribution in [3.8, 4) is 0 Å². The van der Waals surface area contributed by atoms with E-state index >= 15 is 0 Å². The standard InChI is InChI=1S/C7H12F3NO2/c1-3-5(2)11-6(12)13-4-7(8,9)10/h5H,3-4H2,1-2H3,(H,11,12)/t5-/m1/s1. The van der Waals surface area contributed by atoms with Crippen LogP contribution in [0.3, 0.4) is 0 Å². The Morgan fingerprint density at radius 1 is 1.54 bits per heavy atom. The molecule has 0 aromatic heterocycles. The summed E-state index contributed by atoms with van der Waals surface area (Å²) in [5.74, 6) is 0. The van der Waals surface area contributed by atoms with Gasteiger partial charge in [0.25, 0.3) is 0 Å². The van der Waals surface area contributed by atoms with E-state index in [1.165, 1.54) is 0 Å². The summed E-state index contributed by atoms with van der Waals surface area (Å²) in [6.07, 6.45) is -4.86. The van der Waals surface area contributed by atoms with E-state index in [-0.39, 0.29) is 6.04 Å². The number of carbonyl (C=O) groups excluding carboxylic acids is 1. The lowest BCUT2D eigenvalue weighted by Crippen LogP contribution is -2.34. The fraction of sp³-hybridized carbons (Fsp3) is 0.857. The summed E-state index contributed by atoms with van der Waals surface area (Å²) in [6, 6.07) is -0.180. The van der Waals surface area contributed by atoms with Crippen molar-refractivity contribution < 1.29 is 22.7 Å². The zero-order chi connectivity index (χ0) is 10.5. The molecule has 0 fully saturated rings. The minimum atomic E-state index is -4.47. The Morgan fingerprint density at radius 3 is 2.46 bits per heavy atom. The van der Waals surface area contributed by atoms with Crippen LogP contribution in [0.4, 0.5) is 18.0 Å². The molecular weight excluding hydrogens is 187 g/mol. The zero-order valence-corrected chi connectivity index (χ0v) is 7.44. The number of hydrogen-bond acceptors (Lipinski definition) is 2. The Balaban J connectivity index is 3.64. The van der Waals surface area contributed by atoms with Crippen LogP contribution in [0.2, 0.25) is 0 Å². The van der Waals surface area contributed by atoms with E-state index in [0.29, 0.717) is 6.42 Å². The molecule has 0 rings (SSSR count). The highest BCUT2D eigenvalue weighted by molar-refractivity contribution is 5.67. The fourth-order valence-electron chi connectivity index (χ4n) is 0.492. The van der Waals surface area contributed by atoms with Crippen molar-refractivity contribution in [2.75, 3.05) is 6.61 Å². The third kappa shape index (κ3) is 7.42. The molecule has 3 nitrogen and oxygen atoms in total. The van der Waals surface area contributed by atoms with Crippen LogP contribution in [0.5, 0.6) is 0 Å². The Bertz CT molecular complexity index is 170. The third-order valence-electron chi connectivity index (χ3n) is 1.34. The van der Waals surface area contributed by atoms with E-state index < -0.39 is 18.9 Å². The first-order chi connectivity index (χ1) is 5.85. The minimum absolute atomic E-state index is 0.180. The Kier molecular flexibility index (Phi) is 4.58. The number of ether oxygens (including phenoxy) is 1. The molecule has 1 N–H and O–H groups in total. The summed E-state index contributed by atoms with van der Waals surface area (Å²) in [5.41, 5.74) is 0. The second-order valence-corrected chi connectivity index (χ2v) is 2.64. The Labute approximate surface area is 74.3 Å². The molecule has 0 saturated heterocycles. The van der Waals surface area contributed by atoms with Gasteiger partial charge in [-0.2, -0.15) is 13.2 Å². The summed E-state index contributed by atoms with van der Waals surface area (Å²) in [5, 5.41) is 2.24. The molecule has 6 heteroatoms. The van der Waals surface area contributed by atoms with E-state index in [4.69, 9.17) is 0 Å². The highest BCUT2D eigenvalue weighted by Crippen LogP contribution is 2.14. The molecule has 0 saturated carbocycles. The average Bonchev–Trinajstić information content (AvgIpc) is 1.99. The van der Waals surface area contributed by atoms with Crippen molar-refractivity contribution >= 4 is 6.09 Å². The van der Waals surface area contributed by atoms with Crippen LogP contribution in [0, 0.1) is 0 Å². The van der Waals surface area contributed by atoms with Crippen LogP contribution in [0.1, 0.15) is 20.3 Å². The van der Waals surface area contributed by atoms with Gasteiger partial charge in [-0.25, -0.2) is 4.79 Å².